The number of hydrogen-bond donors (Lipinski definition) is 1. The Morgan fingerprint density at radius 2 is 1.44 bits per heavy atom. The fourth-order valence-electron chi connectivity index (χ4n) is 2.92. The van der Waals surface area contributed by atoms with Crippen molar-refractivity contribution >= 4 is 11.6 Å². The Morgan fingerprint density at radius 1 is 0.815 bits per heavy atom. The van der Waals surface area contributed by atoms with Crippen molar-refractivity contribution in [1.29, 1.82) is 0 Å². The lowest BCUT2D eigenvalue weighted by Gasteiger charge is -2.10. The number of nitrogens with one attached hydrogen (secondary N) is 1. The van der Waals surface area contributed by atoms with Gasteiger partial charge >= 0.3 is 0 Å². The van der Waals surface area contributed by atoms with E-state index in [1.54, 1.807) is 0 Å². The number of para-hydroxylation sites is 1. The summed E-state index contributed by atoms with van der Waals surface area (Å²) in [5.41, 5.74) is 4.31. The normalized spacial score (nSPS) is 10.5. The number of hydrogen-bond acceptors (Lipinski definition) is 3. The van der Waals surface area contributed by atoms with Crippen molar-refractivity contribution in [3.05, 3.63) is 96.9 Å². The van der Waals surface area contributed by atoms with Gasteiger partial charge in [0.15, 0.2) is 0 Å². The van der Waals surface area contributed by atoms with Crippen LogP contribution in [-0.2, 0) is 11.2 Å². The average molecular weight is 354 g/mol. The molecule has 132 valence electrons. The fraction of sp³-hybridized carbons (Fsp3) is 0.0435. The molecule has 0 fully saturated rings. The molecule has 3 aromatic carbocycles. The average Bonchev–Trinajstić information content (AvgIpc) is 3.18. The maximum atomic E-state index is 12.5. The van der Waals surface area contributed by atoms with Crippen LogP contribution >= 0.6 is 0 Å². The summed E-state index contributed by atoms with van der Waals surface area (Å²) < 4.78 is 5.50. The Kier molecular flexibility index (Phi) is 4.79. The van der Waals surface area contributed by atoms with Gasteiger partial charge in [0, 0.05) is 16.8 Å². The fourth-order valence-corrected chi connectivity index (χ4v) is 2.92. The van der Waals surface area contributed by atoms with Gasteiger partial charge < -0.3 is 9.73 Å². The van der Waals surface area contributed by atoms with Crippen molar-refractivity contribution in [2.24, 2.45) is 0 Å². The molecule has 0 saturated heterocycles. The Hall–Kier alpha value is -3.66. The van der Waals surface area contributed by atoms with Crippen LogP contribution in [0.2, 0.25) is 0 Å². The summed E-state index contributed by atoms with van der Waals surface area (Å²) in [4.78, 5) is 16.9. The van der Waals surface area contributed by atoms with E-state index in [2.05, 4.69) is 10.3 Å². The second-order valence-electron chi connectivity index (χ2n) is 6.15. The molecule has 0 aliphatic rings. The van der Waals surface area contributed by atoms with Gasteiger partial charge in [-0.3, -0.25) is 4.79 Å². The molecule has 0 radical (unpaired) electrons. The molecule has 4 rings (SSSR count). The lowest BCUT2D eigenvalue weighted by molar-refractivity contribution is -0.115. The number of anilines is 1. The molecule has 1 N–H and O–H groups in total. The third-order valence-corrected chi connectivity index (χ3v) is 4.20. The minimum Gasteiger partial charge on any atom is -0.444 e. The summed E-state index contributed by atoms with van der Waals surface area (Å²) in [5.74, 6) is 0.384. The molecule has 0 aliphatic carbocycles. The minimum atomic E-state index is -0.133. The van der Waals surface area contributed by atoms with Crippen molar-refractivity contribution in [2.75, 3.05) is 5.32 Å². The van der Waals surface area contributed by atoms with Gasteiger partial charge in [-0.25, -0.2) is 4.98 Å². The van der Waals surface area contributed by atoms with Crippen molar-refractivity contribution < 1.29 is 9.21 Å². The zero-order valence-electron chi connectivity index (χ0n) is 14.6. The summed E-state index contributed by atoms with van der Waals surface area (Å²) in [5, 5.41) is 2.99. The summed E-state index contributed by atoms with van der Waals surface area (Å²) in [6, 6.07) is 27.4. The number of nitrogens with zero attached hydrogens (tertiary/aromatic N) is 1. The van der Waals surface area contributed by atoms with E-state index in [0.29, 0.717) is 11.6 Å². The third kappa shape index (κ3) is 3.96. The van der Waals surface area contributed by atoms with E-state index in [9.17, 15) is 4.79 Å². The highest BCUT2D eigenvalue weighted by atomic mass is 16.3. The molecule has 27 heavy (non-hydrogen) atoms. The van der Waals surface area contributed by atoms with E-state index >= 15 is 0 Å². The van der Waals surface area contributed by atoms with Crippen LogP contribution < -0.4 is 5.32 Å². The number of rotatable bonds is 5. The van der Waals surface area contributed by atoms with Crippen LogP contribution in [0.15, 0.2) is 95.6 Å². The van der Waals surface area contributed by atoms with Gasteiger partial charge in [-0.2, -0.15) is 0 Å². The first-order valence-corrected chi connectivity index (χ1v) is 8.74. The van der Waals surface area contributed by atoms with Gasteiger partial charge in [0.05, 0.1) is 12.1 Å². The molecule has 1 aromatic heterocycles. The first-order chi connectivity index (χ1) is 13.3. The van der Waals surface area contributed by atoms with Gasteiger partial charge in [-0.1, -0.05) is 66.7 Å². The zero-order valence-corrected chi connectivity index (χ0v) is 14.6. The second-order valence-corrected chi connectivity index (χ2v) is 6.15. The second kappa shape index (κ2) is 7.70. The Bertz CT molecular complexity index is 1040. The molecule has 0 unspecified atom stereocenters. The predicted molar refractivity (Wildman–Crippen MR) is 106 cm³/mol. The molecule has 0 atom stereocenters. The number of carbonyl (C=O) groups is 1. The van der Waals surface area contributed by atoms with E-state index in [1.807, 2.05) is 84.9 Å². The van der Waals surface area contributed by atoms with Gasteiger partial charge in [0.25, 0.3) is 0 Å². The van der Waals surface area contributed by atoms with E-state index in [0.717, 1.165) is 22.4 Å². The molecule has 1 heterocycles. The SMILES string of the molecule is O=C(Cc1coc(-c2ccccc2)n1)Nc1ccccc1-c1ccccc1. The van der Waals surface area contributed by atoms with Crippen molar-refractivity contribution in [2.45, 2.75) is 6.42 Å². The number of oxazole rings is 1. The van der Waals surface area contributed by atoms with E-state index in [-0.39, 0.29) is 12.3 Å². The number of aromatic nitrogens is 1. The van der Waals surface area contributed by atoms with Crippen LogP contribution in [0, 0.1) is 0 Å². The lowest BCUT2D eigenvalue weighted by atomic mass is 10.0. The van der Waals surface area contributed by atoms with Crippen molar-refractivity contribution in [3.8, 4) is 22.6 Å². The summed E-state index contributed by atoms with van der Waals surface area (Å²) in [7, 11) is 0. The lowest BCUT2D eigenvalue weighted by Crippen LogP contribution is -2.15. The third-order valence-electron chi connectivity index (χ3n) is 4.20. The molecule has 0 spiro atoms. The first kappa shape index (κ1) is 16.8. The van der Waals surface area contributed by atoms with Crippen molar-refractivity contribution in [1.82, 2.24) is 4.98 Å². The monoisotopic (exact) mass is 354 g/mol. The van der Waals surface area contributed by atoms with Crippen LogP contribution in [0.5, 0.6) is 0 Å². The molecular weight excluding hydrogens is 336 g/mol. The van der Waals surface area contributed by atoms with Gasteiger partial charge in [0.2, 0.25) is 11.8 Å². The quantitative estimate of drug-likeness (QED) is 0.536. The standard InChI is InChI=1S/C23H18N2O2/c26-22(15-19-16-27-23(24-19)18-11-5-2-6-12-18)25-21-14-8-7-13-20(21)17-9-3-1-4-10-17/h1-14,16H,15H2,(H,25,26). The van der Waals surface area contributed by atoms with Crippen LogP contribution in [0.3, 0.4) is 0 Å². The van der Waals surface area contributed by atoms with E-state index in [1.165, 1.54) is 6.26 Å². The highest BCUT2D eigenvalue weighted by molar-refractivity contribution is 5.96. The van der Waals surface area contributed by atoms with Gasteiger partial charge in [-0.15, -0.1) is 0 Å². The summed E-state index contributed by atoms with van der Waals surface area (Å²) in [6.45, 7) is 0. The molecule has 4 heteroatoms. The largest absolute Gasteiger partial charge is 0.444 e. The minimum absolute atomic E-state index is 0.133. The molecule has 0 bridgehead atoms. The first-order valence-electron chi connectivity index (χ1n) is 8.74. The number of amides is 1. The van der Waals surface area contributed by atoms with Crippen molar-refractivity contribution in [3.63, 3.8) is 0 Å². The zero-order chi connectivity index (χ0) is 18.5. The highest BCUT2D eigenvalue weighted by Crippen LogP contribution is 2.27. The highest BCUT2D eigenvalue weighted by Gasteiger charge is 2.12. The molecule has 0 aliphatic heterocycles. The van der Waals surface area contributed by atoms with Crippen LogP contribution in [0.1, 0.15) is 5.69 Å². The van der Waals surface area contributed by atoms with Crippen LogP contribution in [0.25, 0.3) is 22.6 Å². The smallest absolute Gasteiger partial charge is 0.230 e. The van der Waals surface area contributed by atoms with E-state index in [4.69, 9.17) is 4.42 Å². The molecule has 0 saturated carbocycles. The maximum Gasteiger partial charge on any atom is 0.230 e. The maximum absolute atomic E-state index is 12.5. The van der Waals surface area contributed by atoms with Crippen LogP contribution in [0.4, 0.5) is 5.69 Å². The van der Waals surface area contributed by atoms with Crippen LogP contribution in [-0.4, -0.2) is 10.9 Å². The van der Waals surface area contributed by atoms with E-state index < -0.39 is 0 Å². The van der Waals surface area contributed by atoms with Gasteiger partial charge in [-0.05, 0) is 23.8 Å². The number of carbonyl (C=O) groups excluding carboxylic acids is 1. The Labute approximate surface area is 157 Å². The molecule has 1 amide bonds. The Balaban J connectivity index is 1.49. The Morgan fingerprint density at radius 3 is 2.19 bits per heavy atom. The number of benzene rings is 3. The molecule has 4 nitrogen and oxygen atoms in total. The summed E-state index contributed by atoms with van der Waals surface area (Å²) >= 11 is 0. The molecule has 4 aromatic rings. The molecular formula is C23H18N2O2. The van der Waals surface area contributed by atoms with Gasteiger partial charge in [0.1, 0.15) is 6.26 Å². The topological polar surface area (TPSA) is 55.1 Å². The predicted octanol–water partition coefficient (Wildman–Crippen LogP) is 5.19. The summed E-state index contributed by atoms with van der Waals surface area (Å²) in [6.07, 6.45) is 1.68.